The highest BCUT2D eigenvalue weighted by Gasteiger charge is 2.09. The minimum absolute atomic E-state index is 0. The Morgan fingerprint density at radius 3 is 1.74 bits per heavy atom. The standard InChI is InChI=1S/C6H14N4O2.C3H8O3.CH4N2O.CH4/c7-4(5(11)12)2-1-3-10-6(8)9;4-1-3(6)2-5;2-1(3)4;/h4H,1-3,7H2,(H,11,12)(H4,8,9,10);3-6H,1-2H2;(H4,2,3,4);1H4. The van der Waals surface area contributed by atoms with E-state index in [0.717, 1.165) is 0 Å². The molecule has 0 aliphatic carbocycles. The molecule has 12 heteroatoms. The van der Waals surface area contributed by atoms with Crippen LogP contribution in [-0.4, -0.2) is 70.3 Å². The summed E-state index contributed by atoms with van der Waals surface area (Å²) in [5.74, 6) is -1.11. The van der Waals surface area contributed by atoms with Crippen LogP contribution in [0.25, 0.3) is 0 Å². The number of aliphatic carboxylic acids is 1. The van der Waals surface area contributed by atoms with E-state index in [1.54, 1.807) is 0 Å². The molecule has 2 amide bonds. The molecule has 0 bridgehead atoms. The van der Waals surface area contributed by atoms with Crippen LogP contribution in [0.2, 0.25) is 0 Å². The Labute approximate surface area is 135 Å². The first-order chi connectivity index (χ1) is 10.1. The van der Waals surface area contributed by atoms with Crippen LogP contribution in [0.4, 0.5) is 4.79 Å². The van der Waals surface area contributed by atoms with E-state index in [0.29, 0.717) is 19.4 Å². The van der Waals surface area contributed by atoms with E-state index in [9.17, 15) is 4.79 Å². The monoisotopic (exact) mass is 342 g/mol. The summed E-state index contributed by atoms with van der Waals surface area (Å²) in [6.45, 7) is -0.247. The Kier molecular flexibility index (Phi) is 25.0. The number of hydrogen-bond donors (Lipinski definition) is 10. The van der Waals surface area contributed by atoms with E-state index in [-0.39, 0.29) is 26.6 Å². The molecule has 0 heterocycles. The molecule has 0 saturated carbocycles. The Morgan fingerprint density at radius 2 is 1.52 bits per heavy atom. The third kappa shape index (κ3) is 38.3. The number of hydrogen-bond acceptors (Lipinski definition) is 7. The van der Waals surface area contributed by atoms with E-state index in [1.165, 1.54) is 0 Å². The number of nitrogens with one attached hydrogen (secondary N) is 2. The smallest absolute Gasteiger partial charge is 0.320 e. The van der Waals surface area contributed by atoms with E-state index in [4.69, 9.17) is 42.1 Å². The predicted molar refractivity (Wildman–Crippen MR) is 85.4 cm³/mol. The summed E-state index contributed by atoms with van der Waals surface area (Å²) in [6.07, 6.45) is 0.0212. The Morgan fingerprint density at radius 1 is 1.13 bits per heavy atom. The van der Waals surface area contributed by atoms with Gasteiger partial charge in [0.05, 0.1) is 13.2 Å². The summed E-state index contributed by atoms with van der Waals surface area (Å²) in [4.78, 5) is 19.2. The quantitative estimate of drug-likeness (QED) is 0.126. The number of carbonyl (C=O) groups excluding carboxylic acids is 1. The van der Waals surface area contributed by atoms with Crippen molar-refractivity contribution in [2.75, 3.05) is 19.8 Å². The van der Waals surface area contributed by atoms with E-state index in [1.807, 2.05) is 0 Å². The topological polar surface area (TPSA) is 255 Å². The summed E-state index contributed by atoms with van der Waals surface area (Å²) in [6, 6.07) is -1.65. The van der Waals surface area contributed by atoms with Crippen molar-refractivity contribution in [3.63, 3.8) is 0 Å². The van der Waals surface area contributed by atoms with E-state index < -0.39 is 24.1 Å². The second-order valence-corrected chi connectivity index (χ2v) is 3.85. The summed E-state index contributed by atoms with van der Waals surface area (Å²) in [5, 5.41) is 41.7. The van der Waals surface area contributed by atoms with Gasteiger partial charge in [0, 0.05) is 6.54 Å². The third-order valence-electron chi connectivity index (χ3n) is 1.75. The minimum atomic E-state index is -1.00. The first-order valence-electron chi connectivity index (χ1n) is 6.09. The zero-order valence-corrected chi connectivity index (χ0v) is 12.1. The predicted octanol–water partition coefficient (Wildman–Crippen LogP) is -3.35. The van der Waals surface area contributed by atoms with Gasteiger partial charge in [0.1, 0.15) is 12.1 Å². The van der Waals surface area contributed by atoms with Crippen molar-refractivity contribution in [1.29, 1.82) is 5.41 Å². The number of amides is 2. The van der Waals surface area contributed by atoms with Gasteiger partial charge in [-0.3, -0.25) is 10.2 Å². The normalized spacial score (nSPS) is 9.96. The summed E-state index contributed by atoms with van der Waals surface area (Å²) in [5.41, 5.74) is 18.7. The molecule has 0 saturated heterocycles. The first-order valence-corrected chi connectivity index (χ1v) is 6.09. The number of aliphatic hydroxyl groups excluding tert-OH is 3. The highest BCUT2D eigenvalue weighted by atomic mass is 16.4. The second kappa shape index (κ2) is 19.9. The van der Waals surface area contributed by atoms with Crippen molar-refractivity contribution < 1.29 is 30.0 Å². The molecule has 140 valence electrons. The van der Waals surface area contributed by atoms with Crippen LogP contribution in [-0.2, 0) is 4.79 Å². The van der Waals surface area contributed by atoms with Crippen LogP contribution in [0.15, 0.2) is 0 Å². The van der Waals surface area contributed by atoms with Crippen molar-refractivity contribution in [2.24, 2.45) is 22.9 Å². The van der Waals surface area contributed by atoms with Crippen molar-refractivity contribution in [2.45, 2.75) is 32.4 Å². The average molecular weight is 342 g/mol. The maximum absolute atomic E-state index is 10.2. The molecule has 12 nitrogen and oxygen atoms in total. The largest absolute Gasteiger partial charge is 0.480 e. The molecular weight excluding hydrogens is 312 g/mol. The van der Waals surface area contributed by atoms with Gasteiger partial charge >= 0.3 is 12.0 Å². The minimum Gasteiger partial charge on any atom is -0.480 e. The van der Waals surface area contributed by atoms with Gasteiger partial charge in [-0.2, -0.15) is 0 Å². The van der Waals surface area contributed by atoms with Gasteiger partial charge in [0.2, 0.25) is 0 Å². The van der Waals surface area contributed by atoms with Gasteiger partial charge in [-0.25, -0.2) is 4.79 Å². The number of rotatable bonds is 7. The van der Waals surface area contributed by atoms with Gasteiger partial charge in [-0.1, -0.05) is 7.43 Å². The average Bonchev–Trinajstić information content (AvgIpc) is 2.42. The van der Waals surface area contributed by atoms with Gasteiger partial charge in [0.15, 0.2) is 5.96 Å². The highest BCUT2D eigenvalue weighted by molar-refractivity contribution is 5.74. The van der Waals surface area contributed by atoms with Gasteiger partial charge in [-0.05, 0) is 12.8 Å². The second-order valence-electron chi connectivity index (χ2n) is 3.85. The fourth-order valence-electron chi connectivity index (χ4n) is 0.726. The number of primary amides is 2. The lowest BCUT2D eigenvalue weighted by Gasteiger charge is -2.06. The first kappa shape index (κ1) is 28.9. The SMILES string of the molecule is C.N=C(N)NCCCC(N)C(=O)O.NC(N)=O.OCC(O)CO. The highest BCUT2D eigenvalue weighted by Crippen LogP contribution is 1.92. The molecule has 1 unspecified atom stereocenters. The lowest BCUT2D eigenvalue weighted by atomic mass is 10.2. The van der Waals surface area contributed by atoms with Gasteiger partial charge in [0.25, 0.3) is 0 Å². The van der Waals surface area contributed by atoms with Crippen LogP contribution in [0.5, 0.6) is 0 Å². The Bertz CT molecular complexity index is 309. The summed E-state index contributed by atoms with van der Waals surface area (Å²) in [7, 11) is 0. The zero-order valence-electron chi connectivity index (χ0n) is 12.1. The lowest BCUT2D eigenvalue weighted by Crippen LogP contribution is -2.34. The maximum Gasteiger partial charge on any atom is 0.320 e. The molecule has 14 N–H and O–H groups in total. The fraction of sp³-hybridized carbons (Fsp3) is 0.727. The molecule has 0 aliphatic rings. The number of urea groups is 1. The number of nitrogens with two attached hydrogens (primary N) is 4. The van der Waals surface area contributed by atoms with E-state index >= 15 is 0 Å². The number of carbonyl (C=O) groups is 2. The van der Waals surface area contributed by atoms with E-state index in [2.05, 4.69) is 16.8 Å². The van der Waals surface area contributed by atoms with Crippen molar-refractivity contribution in [3.8, 4) is 0 Å². The lowest BCUT2D eigenvalue weighted by molar-refractivity contribution is -0.138. The molecule has 0 rings (SSSR count). The Hall–Kier alpha value is -2.15. The van der Waals surface area contributed by atoms with Crippen LogP contribution in [0.1, 0.15) is 20.3 Å². The van der Waals surface area contributed by atoms with Crippen LogP contribution >= 0.6 is 0 Å². The molecule has 0 aromatic heterocycles. The molecule has 0 radical (unpaired) electrons. The molecule has 23 heavy (non-hydrogen) atoms. The van der Waals surface area contributed by atoms with Crippen LogP contribution < -0.4 is 28.3 Å². The molecule has 0 fully saturated rings. The van der Waals surface area contributed by atoms with Crippen LogP contribution in [0, 0.1) is 5.41 Å². The molecule has 0 aliphatic heterocycles. The van der Waals surface area contributed by atoms with Gasteiger partial charge < -0.3 is 48.7 Å². The summed E-state index contributed by atoms with van der Waals surface area (Å²) >= 11 is 0. The number of carboxylic acid groups (broad SMARTS) is 1. The molecule has 1 atom stereocenters. The number of guanidine groups is 1. The van der Waals surface area contributed by atoms with Gasteiger partial charge in [-0.15, -0.1) is 0 Å². The number of carboxylic acids is 1. The zero-order chi connectivity index (χ0) is 18.1. The van der Waals surface area contributed by atoms with Crippen LogP contribution in [0.3, 0.4) is 0 Å². The number of aliphatic hydroxyl groups is 3. The Balaban J connectivity index is -0.000000138. The molecule has 0 aromatic carbocycles. The third-order valence-corrected chi connectivity index (χ3v) is 1.75. The fourth-order valence-corrected chi connectivity index (χ4v) is 0.726. The molecule has 0 spiro atoms. The molecular formula is C11H30N6O6. The van der Waals surface area contributed by atoms with Crippen molar-refractivity contribution in [3.05, 3.63) is 0 Å². The van der Waals surface area contributed by atoms with Crippen molar-refractivity contribution >= 4 is 18.0 Å². The summed E-state index contributed by atoms with van der Waals surface area (Å²) < 4.78 is 0. The molecule has 0 aromatic rings. The van der Waals surface area contributed by atoms with Crippen molar-refractivity contribution in [1.82, 2.24) is 5.32 Å². The maximum atomic E-state index is 10.2.